The fourth-order valence-corrected chi connectivity index (χ4v) is 3.46. The molecule has 0 bridgehead atoms. The van der Waals surface area contributed by atoms with Crippen molar-refractivity contribution in [3.63, 3.8) is 0 Å². The summed E-state index contributed by atoms with van der Waals surface area (Å²) in [5.41, 5.74) is 3.87. The lowest BCUT2D eigenvalue weighted by Gasteiger charge is -2.09. The summed E-state index contributed by atoms with van der Waals surface area (Å²) in [5, 5.41) is 14.3. The highest BCUT2D eigenvalue weighted by atomic mass is 79.9. The number of nitriles is 1. The molecule has 0 unspecified atom stereocenters. The quantitative estimate of drug-likeness (QED) is 0.478. The number of carbonyl (C=O) groups is 1. The lowest BCUT2D eigenvalue weighted by Crippen LogP contribution is -2.13. The van der Waals surface area contributed by atoms with Crippen LogP contribution in [-0.4, -0.2) is 15.5 Å². The number of hydrogen-bond acceptors (Lipinski definition) is 4. The summed E-state index contributed by atoms with van der Waals surface area (Å²) in [6, 6.07) is 11.9. The minimum Gasteiger partial charge on any atom is -0.318 e. The van der Waals surface area contributed by atoms with Gasteiger partial charge in [0.1, 0.15) is 11.6 Å². The van der Waals surface area contributed by atoms with Crippen LogP contribution in [0.3, 0.4) is 0 Å². The van der Waals surface area contributed by atoms with Gasteiger partial charge < -0.3 is 4.57 Å². The van der Waals surface area contributed by atoms with Crippen LogP contribution >= 0.6 is 27.3 Å². The van der Waals surface area contributed by atoms with Gasteiger partial charge in [0.05, 0.1) is 0 Å². The molecule has 2 heterocycles. The number of aromatic nitrogens is 2. The summed E-state index contributed by atoms with van der Waals surface area (Å²) in [6.07, 6.45) is 3.21. The Kier molecular flexibility index (Phi) is 5.35. The van der Waals surface area contributed by atoms with E-state index >= 15 is 0 Å². The Morgan fingerprint density at radius 3 is 2.69 bits per heavy atom. The number of nitrogens with one attached hydrogen (secondary N) is 1. The summed E-state index contributed by atoms with van der Waals surface area (Å²) < 4.78 is 3.10. The average Bonchev–Trinajstić information content (AvgIpc) is 3.22. The first-order valence-corrected chi connectivity index (χ1v) is 9.44. The molecule has 3 rings (SSSR count). The van der Waals surface area contributed by atoms with Gasteiger partial charge in [-0.25, -0.2) is 4.98 Å². The van der Waals surface area contributed by atoms with E-state index in [1.807, 2.05) is 50.2 Å². The van der Waals surface area contributed by atoms with Crippen LogP contribution in [0.1, 0.15) is 17.0 Å². The second-order valence-electron chi connectivity index (χ2n) is 5.60. The monoisotopic (exact) mass is 426 g/mol. The molecule has 0 aliphatic carbocycles. The van der Waals surface area contributed by atoms with Gasteiger partial charge in [-0.3, -0.25) is 10.1 Å². The second-order valence-corrected chi connectivity index (χ2v) is 7.41. The Hall–Kier alpha value is -2.69. The Labute approximate surface area is 163 Å². The third kappa shape index (κ3) is 3.77. The molecule has 7 heteroatoms. The molecule has 0 spiro atoms. The van der Waals surface area contributed by atoms with Crippen molar-refractivity contribution in [1.82, 2.24) is 9.55 Å². The van der Waals surface area contributed by atoms with Gasteiger partial charge in [0.25, 0.3) is 5.91 Å². The minimum absolute atomic E-state index is 0.0382. The number of amides is 1. The fourth-order valence-electron chi connectivity index (χ4n) is 2.67. The Balaban J connectivity index is 1.94. The zero-order valence-corrected chi connectivity index (χ0v) is 16.6. The van der Waals surface area contributed by atoms with Crippen molar-refractivity contribution in [3.8, 4) is 11.8 Å². The lowest BCUT2D eigenvalue weighted by atomic mass is 10.1. The molecule has 3 aromatic rings. The first kappa shape index (κ1) is 18.1. The van der Waals surface area contributed by atoms with Crippen LogP contribution in [-0.2, 0) is 4.79 Å². The van der Waals surface area contributed by atoms with Gasteiger partial charge in [-0.2, -0.15) is 5.26 Å². The number of hydrogen-bond donors (Lipinski definition) is 1. The van der Waals surface area contributed by atoms with E-state index in [0.717, 1.165) is 27.1 Å². The van der Waals surface area contributed by atoms with E-state index in [2.05, 4.69) is 30.8 Å². The van der Waals surface area contributed by atoms with Crippen molar-refractivity contribution in [2.75, 3.05) is 5.32 Å². The summed E-state index contributed by atoms with van der Waals surface area (Å²) in [7, 11) is 0. The van der Waals surface area contributed by atoms with E-state index < -0.39 is 5.91 Å². The zero-order chi connectivity index (χ0) is 18.7. The van der Waals surface area contributed by atoms with Gasteiger partial charge in [-0.1, -0.05) is 15.9 Å². The molecule has 1 N–H and O–H groups in total. The maximum atomic E-state index is 12.3. The molecule has 2 aromatic heterocycles. The normalized spacial score (nSPS) is 11.2. The molecule has 0 aliphatic heterocycles. The zero-order valence-electron chi connectivity index (χ0n) is 14.2. The molecule has 5 nitrogen and oxygen atoms in total. The molecule has 0 aliphatic rings. The summed E-state index contributed by atoms with van der Waals surface area (Å²) >= 11 is 4.74. The van der Waals surface area contributed by atoms with Gasteiger partial charge in [-0.15, -0.1) is 11.3 Å². The summed E-state index contributed by atoms with van der Waals surface area (Å²) in [4.78, 5) is 16.3. The smallest absolute Gasteiger partial charge is 0.268 e. The van der Waals surface area contributed by atoms with Gasteiger partial charge in [0.2, 0.25) is 0 Å². The van der Waals surface area contributed by atoms with Crippen LogP contribution in [0.4, 0.5) is 5.13 Å². The maximum absolute atomic E-state index is 12.3. The number of halogens is 1. The van der Waals surface area contributed by atoms with Gasteiger partial charge in [0, 0.05) is 33.1 Å². The van der Waals surface area contributed by atoms with Crippen molar-refractivity contribution < 1.29 is 4.79 Å². The lowest BCUT2D eigenvalue weighted by molar-refractivity contribution is -0.112. The maximum Gasteiger partial charge on any atom is 0.268 e. The number of anilines is 1. The largest absolute Gasteiger partial charge is 0.318 e. The highest BCUT2D eigenvalue weighted by Crippen LogP contribution is 2.24. The molecular weight excluding hydrogens is 412 g/mol. The number of nitrogens with zero attached hydrogens (tertiary/aromatic N) is 3. The SMILES string of the molecule is Cc1cc(/C=C(/C#N)C(=O)Nc2nccs2)c(C)n1-c1ccc(Br)cc1. The number of benzene rings is 1. The van der Waals surface area contributed by atoms with Crippen molar-refractivity contribution in [2.24, 2.45) is 0 Å². The second kappa shape index (κ2) is 7.68. The van der Waals surface area contributed by atoms with Crippen LogP contribution in [0.5, 0.6) is 0 Å². The number of thiazole rings is 1. The van der Waals surface area contributed by atoms with Crippen LogP contribution in [0, 0.1) is 25.2 Å². The van der Waals surface area contributed by atoms with Crippen molar-refractivity contribution in [1.29, 1.82) is 5.26 Å². The van der Waals surface area contributed by atoms with Crippen molar-refractivity contribution >= 4 is 44.4 Å². The van der Waals surface area contributed by atoms with E-state index in [1.54, 1.807) is 17.7 Å². The van der Waals surface area contributed by atoms with Crippen LogP contribution in [0.2, 0.25) is 0 Å². The molecule has 130 valence electrons. The number of rotatable bonds is 4. The molecule has 1 aromatic carbocycles. The van der Waals surface area contributed by atoms with Gasteiger partial charge in [0.15, 0.2) is 5.13 Å². The third-order valence-electron chi connectivity index (χ3n) is 3.87. The summed E-state index contributed by atoms with van der Waals surface area (Å²) in [6.45, 7) is 3.96. The van der Waals surface area contributed by atoms with E-state index in [1.165, 1.54) is 11.3 Å². The van der Waals surface area contributed by atoms with E-state index in [-0.39, 0.29) is 5.57 Å². The third-order valence-corrected chi connectivity index (χ3v) is 5.09. The number of aryl methyl sites for hydroxylation is 1. The summed E-state index contributed by atoms with van der Waals surface area (Å²) in [5.74, 6) is -0.462. The van der Waals surface area contributed by atoms with E-state index in [4.69, 9.17) is 0 Å². The Bertz CT molecular complexity index is 1010. The highest BCUT2D eigenvalue weighted by molar-refractivity contribution is 9.10. The van der Waals surface area contributed by atoms with Crippen molar-refractivity contribution in [2.45, 2.75) is 13.8 Å². The first-order chi connectivity index (χ1) is 12.5. The predicted molar refractivity (Wildman–Crippen MR) is 107 cm³/mol. The predicted octanol–water partition coefficient (Wildman–Crippen LogP) is 4.86. The van der Waals surface area contributed by atoms with Crippen LogP contribution in [0.25, 0.3) is 11.8 Å². The Morgan fingerprint density at radius 2 is 2.08 bits per heavy atom. The van der Waals surface area contributed by atoms with Crippen LogP contribution < -0.4 is 5.32 Å². The fraction of sp³-hybridized carbons (Fsp3) is 0.105. The van der Waals surface area contributed by atoms with Crippen LogP contribution in [0.15, 0.2) is 52.0 Å². The minimum atomic E-state index is -0.462. The Morgan fingerprint density at radius 1 is 1.35 bits per heavy atom. The molecule has 1 amide bonds. The first-order valence-electron chi connectivity index (χ1n) is 7.77. The highest BCUT2D eigenvalue weighted by Gasteiger charge is 2.14. The van der Waals surface area contributed by atoms with Gasteiger partial charge >= 0.3 is 0 Å². The molecule has 0 saturated heterocycles. The van der Waals surface area contributed by atoms with Crippen molar-refractivity contribution in [3.05, 3.63) is 68.9 Å². The molecule has 0 saturated carbocycles. The standard InChI is InChI=1S/C19H15BrN4OS/c1-12-9-14(13(2)24(12)17-5-3-16(20)4-6-17)10-15(11-21)18(25)23-19-22-7-8-26-19/h3-10H,1-2H3,(H,22,23,25)/b15-10-. The molecule has 0 radical (unpaired) electrons. The average molecular weight is 427 g/mol. The van der Waals surface area contributed by atoms with Gasteiger partial charge in [-0.05, 0) is 55.8 Å². The van der Waals surface area contributed by atoms with E-state index in [0.29, 0.717) is 5.13 Å². The number of carbonyl (C=O) groups excluding carboxylic acids is 1. The molecule has 0 atom stereocenters. The van der Waals surface area contributed by atoms with E-state index in [9.17, 15) is 10.1 Å². The topological polar surface area (TPSA) is 70.7 Å². The molecular formula is C19H15BrN4OS. The molecule has 0 fully saturated rings. The molecule has 26 heavy (non-hydrogen) atoms.